The average Bonchev–Trinajstić information content (AvgIpc) is 2.85. The second-order valence-corrected chi connectivity index (χ2v) is 8.97. The number of terminal acetylenes is 1. The summed E-state index contributed by atoms with van der Waals surface area (Å²) in [6, 6.07) is 0. The van der Waals surface area contributed by atoms with Gasteiger partial charge < -0.3 is 5.11 Å². The lowest BCUT2D eigenvalue weighted by molar-refractivity contribution is -0.128. The van der Waals surface area contributed by atoms with Crippen molar-refractivity contribution in [2.24, 2.45) is 34.5 Å². The summed E-state index contributed by atoms with van der Waals surface area (Å²) in [5, 5.41) is 10.2. The van der Waals surface area contributed by atoms with Crippen molar-refractivity contribution in [3.63, 3.8) is 0 Å². The Morgan fingerprint density at radius 3 is 2.74 bits per heavy atom. The van der Waals surface area contributed by atoms with Crippen LogP contribution in [0.15, 0.2) is 11.6 Å². The van der Waals surface area contributed by atoms with E-state index in [1.54, 1.807) is 6.08 Å². The molecule has 0 bridgehead atoms. The number of ketones is 1. The number of hydrogen-bond acceptors (Lipinski definition) is 2. The normalized spacial score (nSPS) is 52.0. The third-order valence-electron chi connectivity index (χ3n) is 8.20. The number of fused-ring (bicyclic) bond motifs is 5. The molecule has 3 saturated carbocycles. The quantitative estimate of drug-likeness (QED) is 0.692. The number of aliphatic hydroxyl groups excluding tert-OH is 1. The van der Waals surface area contributed by atoms with Crippen LogP contribution in [0.4, 0.5) is 0 Å². The minimum absolute atomic E-state index is 0.0196. The van der Waals surface area contributed by atoms with E-state index in [1.165, 1.54) is 37.7 Å². The highest BCUT2D eigenvalue weighted by molar-refractivity contribution is 5.95. The monoisotopic (exact) mass is 312 g/mol. The Bertz CT molecular complexity index is 612. The maximum atomic E-state index is 11.9. The molecule has 0 aromatic carbocycles. The summed E-state index contributed by atoms with van der Waals surface area (Å²) < 4.78 is 0. The first-order valence-corrected chi connectivity index (χ1v) is 9.29. The van der Waals surface area contributed by atoms with Crippen LogP contribution in [0.3, 0.4) is 0 Å². The zero-order chi connectivity index (χ0) is 16.4. The van der Waals surface area contributed by atoms with Crippen molar-refractivity contribution >= 4 is 5.78 Å². The minimum atomic E-state index is -0.794. The van der Waals surface area contributed by atoms with Crippen LogP contribution in [0, 0.1) is 46.8 Å². The highest BCUT2D eigenvalue weighted by Crippen LogP contribution is 2.66. The summed E-state index contributed by atoms with van der Waals surface area (Å²) >= 11 is 0. The zero-order valence-electron chi connectivity index (χ0n) is 14.3. The largest absolute Gasteiger partial charge is 0.385 e. The summed E-state index contributed by atoms with van der Waals surface area (Å²) in [6.07, 6.45) is 14.5. The number of aliphatic hydroxyl groups is 1. The van der Waals surface area contributed by atoms with Crippen molar-refractivity contribution in [3.8, 4) is 12.3 Å². The third kappa shape index (κ3) is 1.96. The fraction of sp³-hybridized carbons (Fsp3) is 0.762. The van der Waals surface area contributed by atoms with E-state index in [4.69, 9.17) is 6.42 Å². The van der Waals surface area contributed by atoms with Gasteiger partial charge in [0, 0.05) is 5.92 Å². The van der Waals surface area contributed by atoms with Gasteiger partial charge in [0.15, 0.2) is 5.78 Å². The maximum absolute atomic E-state index is 11.9. The van der Waals surface area contributed by atoms with E-state index in [1.807, 2.05) is 0 Å². The minimum Gasteiger partial charge on any atom is -0.385 e. The molecule has 4 rings (SSSR count). The van der Waals surface area contributed by atoms with Crippen LogP contribution in [0.2, 0.25) is 0 Å². The Balaban J connectivity index is 1.69. The van der Waals surface area contributed by atoms with Crippen LogP contribution in [-0.4, -0.2) is 17.0 Å². The lowest BCUT2D eigenvalue weighted by atomic mass is 9.46. The van der Waals surface area contributed by atoms with Crippen molar-refractivity contribution in [2.75, 3.05) is 0 Å². The Morgan fingerprint density at radius 2 is 2.00 bits per heavy atom. The summed E-state index contributed by atoms with van der Waals surface area (Å²) in [5.41, 5.74) is 1.65. The number of allylic oxidation sites excluding steroid dienone is 1. The number of hydrogen-bond donors (Lipinski definition) is 1. The Kier molecular flexibility index (Phi) is 3.34. The van der Waals surface area contributed by atoms with E-state index in [9.17, 15) is 9.90 Å². The first-order valence-electron chi connectivity index (χ1n) is 9.29. The van der Waals surface area contributed by atoms with E-state index >= 15 is 0 Å². The molecule has 0 radical (unpaired) electrons. The Labute approximate surface area is 139 Å². The van der Waals surface area contributed by atoms with Crippen LogP contribution in [0.1, 0.15) is 58.8 Å². The average molecular weight is 312 g/mol. The van der Waals surface area contributed by atoms with E-state index in [-0.39, 0.29) is 11.2 Å². The lowest BCUT2D eigenvalue weighted by Crippen LogP contribution is -2.52. The molecule has 0 saturated heterocycles. The molecule has 23 heavy (non-hydrogen) atoms. The van der Waals surface area contributed by atoms with Crippen molar-refractivity contribution in [1.29, 1.82) is 0 Å². The van der Waals surface area contributed by atoms with Crippen molar-refractivity contribution in [2.45, 2.75) is 64.9 Å². The summed E-state index contributed by atoms with van der Waals surface area (Å²) in [6.45, 7) is 4.74. The molecule has 0 amide bonds. The molecule has 0 spiro atoms. The van der Waals surface area contributed by atoms with Gasteiger partial charge in [-0.05, 0) is 79.6 Å². The SMILES string of the molecule is C#CC1CC[C@H]2[C@@H]3CCC4=CC(=O)C(O)C[C@]4(C)[C@@H]3CC[C@]12C. The Hall–Kier alpha value is -1.07. The Morgan fingerprint density at radius 1 is 1.22 bits per heavy atom. The summed E-state index contributed by atoms with van der Waals surface area (Å²) in [4.78, 5) is 11.9. The van der Waals surface area contributed by atoms with Crippen LogP contribution in [0.5, 0.6) is 0 Å². The van der Waals surface area contributed by atoms with Gasteiger partial charge in [-0.15, -0.1) is 12.3 Å². The molecule has 0 aliphatic heterocycles. The first kappa shape index (κ1) is 15.5. The summed E-state index contributed by atoms with van der Waals surface area (Å²) in [5.74, 6) is 5.50. The maximum Gasteiger partial charge on any atom is 0.184 e. The van der Waals surface area contributed by atoms with Crippen LogP contribution >= 0.6 is 0 Å². The standard InChI is InChI=1S/C21H28O2/c1-4-13-6-8-16-15-7-5-14-11-18(22)19(23)12-21(14,3)17(15)9-10-20(13,16)2/h1,11,13,15-17,19,23H,5-10,12H2,2-3H3/t13?,15-,16-,17+,19?,20+,21-/m0/s1. The predicted octanol–water partition coefficient (Wildman–Crippen LogP) is 3.74. The topological polar surface area (TPSA) is 37.3 Å². The third-order valence-corrected chi connectivity index (χ3v) is 8.20. The fourth-order valence-electron chi connectivity index (χ4n) is 6.89. The van der Waals surface area contributed by atoms with E-state index in [0.29, 0.717) is 23.7 Å². The number of carbonyl (C=O) groups is 1. The van der Waals surface area contributed by atoms with Crippen LogP contribution in [-0.2, 0) is 4.79 Å². The lowest BCUT2D eigenvalue weighted by Gasteiger charge is -2.58. The number of rotatable bonds is 0. The number of carbonyl (C=O) groups excluding carboxylic acids is 1. The van der Waals surface area contributed by atoms with Crippen molar-refractivity contribution < 1.29 is 9.90 Å². The molecule has 0 aromatic rings. The van der Waals surface area contributed by atoms with Crippen LogP contribution < -0.4 is 0 Å². The van der Waals surface area contributed by atoms with Gasteiger partial charge in [-0.2, -0.15) is 0 Å². The molecule has 0 heterocycles. The molecule has 124 valence electrons. The summed E-state index contributed by atoms with van der Waals surface area (Å²) in [7, 11) is 0. The van der Waals surface area contributed by atoms with Gasteiger partial charge in [0.05, 0.1) is 0 Å². The molecule has 0 aromatic heterocycles. The molecule has 7 atom stereocenters. The highest BCUT2D eigenvalue weighted by atomic mass is 16.3. The van der Waals surface area contributed by atoms with Gasteiger partial charge in [0.2, 0.25) is 0 Å². The van der Waals surface area contributed by atoms with E-state index in [2.05, 4.69) is 19.8 Å². The van der Waals surface area contributed by atoms with E-state index < -0.39 is 6.10 Å². The molecular formula is C21H28O2. The second-order valence-electron chi connectivity index (χ2n) is 8.97. The van der Waals surface area contributed by atoms with Gasteiger partial charge in [0.25, 0.3) is 0 Å². The molecule has 1 N–H and O–H groups in total. The van der Waals surface area contributed by atoms with Gasteiger partial charge in [-0.3, -0.25) is 4.79 Å². The highest BCUT2D eigenvalue weighted by Gasteiger charge is 2.59. The van der Waals surface area contributed by atoms with Crippen molar-refractivity contribution in [1.82, 2.24) is 0 Å². The molecule has 4 aliphatic rings. The van der Waals surface area contributed by atoms with Gasteiger partial charge in [-0.25, -0.2) is 0 Å². The molecule has 2 heteroatoms. The van der Waals surface area contributed by atoms with Gasteiger partial charge in [0.1, 0.15) is 6.10 Å². The predicted molar refractivity (Wildman–Crippen MR) is 90.4 cm³/mol. The van der Waals surface area contributed by atoms with Gasteiger partial charge >= 0.3 is 0 Å². The first-order chi connectivity index (χ1) is 10.9. The fourth-order valence-corrected chi connectivity index (χ4v) is 6.89. The molecular weight excluding hydrogens is 284 g/mol. The zero-order valence-corrected chi connectivity index (χ0v) is 14.3. The van der Waals surface area contributed by atoms with E-state index in [0.717, 1.165) is 18.3 Å². The molecule has 2 unspecified atom stereocenters. The van der Waals surface area contributed by atoms with Gasteiger partial charge in [-0.1, -0.05) is 19.4 Å². The second kappa shape index (κ2) is 4.96. The molecule has 2 nitrogen and oxygen atoms in total. The smallest absolute Gasteiger partial charge is 0.184 e. The molecule has 4 aliphatic carbocycles. The van der Waals surface area contributed by atoms with Crippen LogP contribution in [0.25, 0.3) is 0 Å². The molecule has 3 fully saturated rings. The van der Waals surface area contributed by atoms with Crippen molar-refractivity contribution in [3.05, 3.63) is 11.6 Å².